The van der Waals surface area contributed by atoms with Gasteiger partial charge in [-0.2, -0.15) is 0 Å². The minimum atomic E-state index is 1.02. The third-order valence-corrected chi connectivity index (χ3v) is 2.03. The summed E-state index contributed by atoms with van der Waals surface area (Å²) in [7, 11) is 0. The number of allylic oxidation sites excluding steroid dienone is 2. The van der Waals surface area contributed by atoms with Crippen molar-refractivity contribution < 1.29 is 0 Å². The number of aliphatic imine (C=N–C) groups is 1. The van der Waals surface area contributed by atoms with Crippen LogP contribution in [0, 0.1) is 0 Å². The second-order valence-corrected chi connectivity index (χ2v) is 3.10. The van der Waals surface area contributed by atoms with Gasteiger partial charge in [0.05, 0.1) is 5.69 Å². The number of nitrogens with zero attached hydrogens (tertiary/aromatic N) is 1. The fourth-order valence-corrected chi connectivity index (χ4v) is 1.39. The van der Waals surface area contributed by atoms with Crippen molar-refractivity contribution in [3.8, 4) is 0 Å². The zero-order chi connectivity index (χ0) is 8.39. The van der Waals surface area contributed by atoms with E-state index in [4.69, 9.17) is 0 Å². The number of fused-ring (bicyclic) bond motifs is 1. The van der Waals surface area contributed by atoms with E-state index in [1.54, 1.807) is 0 Å². The van der Waals surface area contributed by atoms with Crippen LogP contribution in [0.15, 0.2) is 40.9 Å². The second kappa shape index (κ2) is 2.94. The first-order chi connectivity index (χ1) is 5.86. The number of hydrogen-bond donors (Lipinski definition) is 0. The van der Waals surface area contributed by atoms with Crippen LogP contribution in [-0.4, -0.2) is 6.21 Å². The van der Waals surface area contributed by atoms with E-state index < -0.39 is 0 Å². The Labute approximate surface area is 72.5 Å². The summed E-state index contributed by atoms with van der Waals surface area (Å²) in [6, 6.07) is 8.28. The Hall–Kier alpha value is -1.37. The minimum absolute atomic E-state index is 1.02. The lowest BCUT2D eigenvalue weighted by Crippen LogP contribution is -1.84. The first-order valence-corrected chi connectivity index (χ1v) is 4.14. The van der Waals surface area contributed by atoms with Crippen molar-refractivity contribution in [2.75, 3.05) is 0 Å². The number of benzene rings is 1. The topological polar surface area (TPSA) is 12.4 Å². The summed E-state index contributed by atoms with van der Waals surface area (Å²) in [5.41, 5.74) is 3.79. The van der Waals surface area contributed by atoms with Gasteiger partial charge in [0.1, 0.15) is 0 Å². The molecule has 1 aliphatic rings. The highest BCUT2D eigenvalue weighted by molar-refractivity contribution is 5.77. The molecule has 1 nitrogen and oxygen atoms in total. The van der Waals surface area contributed by atoms with Crippen LogP contribution in [0.5, 0.6) is 0 Å². The molecule has 1 heteroatoms. The van der Waals surface area contributed by atoms with Crippen LogP contribution in [0.4, 0.5) is 5.69 Å². The molecule has 2 rings (SSSR count). The molecular formula is C11H11N. The SMILES string of the molecule is CC1=CC=Nc2ccccc2C1. The highest BCUT2D eigenvalue weighted by atomic mass is 14.7. The van der Waals surface area contributed by atoms with Crippen molar-refractivity contribution in [3.05, 3.63) is 41.5 Å². The quantitative estimate of drug-likeness (QED) is 0.549. The van der Waals surface area contributed by atoms with Gasteiger partial charge in [0.25, 0.3) is 0 Å². The fourth-order valence-electron chi connectivity index (χ4n) is 1.39. The number of para-hydroxylation sites is 1. The van der Waals surface area contributed by atoms with Gasteiger partial charge >= 0.3 is 0 Å². The van der Waals surface area contributed by atoms with Gasteiger partial charge in [-0.15, -0.1) is 0 Å². The average molecular weight is 157 g/mol. The predicted octanol–water partition coefficient (Wildman–Crippen LogP) is 2.89. The van der Waals surface area contributed by atoms with Gasteiger partial charge in [-0.05, 0) is 31.1 Å². The van der Waals surface area contributed by atoms with E-state index in [0.29, 0.717) is 0 Å². The second-order valence-electron chi connectivity index (χ2n) is 3.10. The Morgan fingerprint density at radius 3 is 3.00 bits per heavy atom. The van der Waals surface area contributed by atoms with Crippen LogP contribution in [0.25, 0.3) is 0 Å². The van der Waals surface area contributed by atoms with Gasteiger partial charge in [0.15, 0.2) is 0 Å². The molecule has 0 bridgehead atoms. The van der Waals surface area contributed by atoms with Gasteiger partial charge in [-0.25, -0.2) is 0 Å². The molecule has 0 unspecified atom stereocenters. The Balaban J connectivity index is 2.49. The molecule has 1 aromatic carbocycles. The lowest BCUT2D eigenvalue weighted by molar-refractivity contribution is 1.15. The summed E-state index contributed by atoms with van der Waals surface area (Å²) in [4.78, 5) is 4.34. The van der Waals surface area contributed by atoms with E-state index in [0.717, 1.165) is 12.1 Å². The molecule has 0 amide bonds. The largest absolute Gasteiger partial charge is 0.257 e. The standard InChI is InChI=1S/C11H11N/c1-9-6-7-12-11-5-3-2-4-10(11)8-9/h2-7H,8H2,1H3. The fraction of sp³-hybridized carbons (Fsp3) is 0.182. The summed E-state index contributed by atoms with van der Waals surface area (Å²) >= 11 is 0. The molecule has 0 aliphatic carbocycles. The third kappa shape index (κ3) is 1.30. The first kappa shape index (κ1) is 7.29. The Morgan fingerprint density at radius 2 is 2.08 bits per heavy atom. The highest BCUT2D eigenvalue weighted by Gasteiger charge is 2.02. The first-order valence-electron chi connectivity index (χ1n) is 4.14. The normalized spacial score (nSPS) is 14.9. The van der Waals surface area contributed by atoms with Gasteiger partial charge in [0.2, 0.25) is 0 Å². The lowest BCUT2D eigenvalue weighted by Gasteiger charge is -2.01. The lowest BCUT2D eigenvalue weighted by atomic mass is 10.1. The molecule has 1 aliphatic heterocycles. The van der Waals surface area contributed by atoms with Crippen LogP contribution in [0.3, 0.4) is 0 Å². The maximum Gasteiger partial charge on any atom is 0.0664 e. The van der Waals surface area contributed by atoms with Crippen LogP contribution in [0.2, 0.25) is 0 Å². The van der Waals surface area contributed by atoms with Gasteiger partial charge in [-0.1, -0.05) is 23.8 Å². The smallest absolute Gasteiger partial charge is 0.0664 e. The van der Waals surface area contributed by atoms with E-state index in [-0.39, 0.29) is 0 Å². The van der Waals surface area contributed by atoms with E-state index in [1.165, 1.54) is 11.1 Å². The molecule has 0 fully saturated rings. The van der Waals surface area contributed by atoms with E-state index in [2.05, 4.69) is 36.2 Å². The summed E-state index contributed by atoms with van der Waals surface area (Å²) < 4.78 is 0. The zero-order valence-corrected chi connectivity index (χ0v) is 7.12. The predicted molar refractivity (Wildman–Crippen MR) is 52.1 cm³/mol. The molecule has 0 radical (unpaired) electrons. The molecule has 0 saturated heterocycles. The molecule has 0 saturated carbocycles. The summed E-state index contributed by atoms with van der Waals surface area (Å²) in [5.74, 6) is 0. The molecule has 0 aromatic heterocycles. The van der Waals surface area contributed by atoms with Gasteiger partial charge in [-0.3, -0.25) is 4.99 Å². The Kier molecular flexibility index (Phi) is 1.78. The summed E-state index contributed by atoms with van der Waals surface area (Å²) in [5, 5.41) is 0. The van der Waals surface area contributed by atoms with E-state index in [1.807, 2.05) is 12.3 Å². The van der Waals surface area contributed by atoms with Crippen molar-refractivity contribution in [1.29, 1.82) is 0 Å². The zero-order valence-electron chi connectivity index (χ0n) is 7.12. The summed E-state index contributed by atoms with van der Waals surface area (Å²) in [6.07, 6.45) is 4.97. The van der Waals surface area contributed by atoms with Crippen molar-refractivity contribution in [3.63, 3.8) is 0 Å². The molecule has 0 atom stereocenters. The Morgan fingerprint density at radius 1 is 1.25 bits per heavy atom. The van der Waals surface area contributed by atoms with Crippen molar-refractivity contribution in [2.45, 2.75) is 13.3 Å². The molecule has 60 valence electrons. The van der Waals surface area contributed by atoms with Crippen LogP contribution < -0.4 is 0 Å². The highest BCUT2D eigenvalue weighted by Crippen LogP contribution is 2.22. The number of rotatable bonds is 0. The van der Waals surface area contributed by atoms with Gasteiger partial charge in [0, 0.05) is 6.21 Å². The van der Waals surface area contributed by atoms with Crippen LogP contribution in [0.1, 0.15) is 12.5 Å². The maximum absolute atomic E-state index is 4.34. The van der Waals surface area contributed by atoms with Crippen molar-refractivity contribution >= 4 is 11.9 Å². The van der Waals surface area contributed by atoms with Crippen LogP contribution >= 0.6 is 0 Å². The Bertz CT molecular complexity index is 348. The minimum Gasteiger partial charge on any atom is -0.257 e. The number of hydrogen-bond acceptors (Lipinski definition) is 1. The third-order valence-electron chi connectivity index (χ3n) is 2.03. The maximum atomic E-state index is 4.34. The molecular weight excluding hydrogens is 146 g/mol. The molecule has 1 heterocycles. The van der Waals surface area contributed by atoms with Gasteiger partial charge < -0.3 is 0 Å². The van der Waals surface area contributed by atoms with Crippen molar-refractivity contribution in [2.24, 2.45) is 4.99 Å². The average Bonchev–Trinajstić information content (AvgIpc) is 2.25. The summed E-state index contributed by atoms with van der Waals surface area (Å²) in [6.45, 7) is 2.13. The molecule has 1 aromatic rings. The van der Waals surface area contributed by atoms with E-state index >= 15 is 0 Å². The molecule has 0 N–H and O–H groups in total. The molecule has 0 spiro atoms. The molecule has 12 heavy (non-hydrogen) atoms. The van der Waals surface area contributed by atoms with E-state index in [9.17, 15) is 0 Å². The van der Waals surface area contributed by atoms with Crippen molar-refractivity contribution in [1.82, 2.24) is 0 Å². The monoisotopic (exact) mass is 157 g/mol. The van der Waals surface area contributed by atoms with Crippen LogP contribution in [-0.2, 0) is 6.42 Å².